The maximum atomic E-state index is 6.83. The molecule has 4 nitrogen and oxygen atoms in total. The van der Waals surface area contributed by atoms with Crippen LogP contribution in [0.2, 0.25) is 0 Å². The van der Waals surface area contributed by atoms with E-state index >= 15 is 0 Å². The first kappa shape index (κ1) is 31.0. The van der Waals surface area contributed by atoms with Crippen LogP contribution in [0.5, 0.6) is 11.5 Å². The van der Waals surface area contributed by atoms with E-state index in [4.69, 9.17) is 14.7 Å². The molecule has 1 spiro atoms. The molecule has 1 atom stereocenters. The number of nitrogens with zero attached hydrogens (tertiary/aromatic N) is 3. The van der Waals surface area contributed by atoms with Gasteiger partial charge in [0.15, 0.2) is 0 Å². The van der Waals surface area contributed by atoms with Gasteiger partial charge in [0, 0.05) is 50.2 Å². The van der Waals surface area contributed by atoms with Crippen molar-refractivity contribution in [2.24, 2.45) is 0 Å². The number of fused-ring (bicyclic) bond motifs is 14. The molecule has 1 unspecified atom stereocenters. The maximum absolute atomic E-state index is 6.83. The lowest BCUT2D eigenvalue weighted by Gasteiger charge is -2.40. The Balaban J connectivity index is 1.08. The minimum Gasteiger partial charge on any atom is -0.457 e. The van der Waals surface area contributed by atoms with E-state index in [-0.39, 0.29) is 0 Å². The van der Waals surface area contributed by atoms with E-state index in [1.807, 2.05) is 12.3 Å². The second-order valence-corrected chi connectivity index (χ2v) is 14.7. The Labute approximate surface area is 323 Å². The van der Waals surface area contributed by atoms with Crippen LogP contribution in [0.4, 0.5) is 0 Å². The Morgan fingerprint density at radius 2 is 1.14 bits per heavy atom. The summed E-state index contributed by atoms with van der Waals surface area (Å²) in [4.78, 5) is 15.2. The van der Waals surface area contributed by atoms with Crippen molar-refractivity contribution in [3.8, 4) is 56.3 Å². The highest BCUT2D eigenvalue weighted by atomic mass is 16.5. The molecular formula is C52H31N3O. The highest BCUT2D eigenvalue weighted by molar-refractivity contribution is 6.05. The fourth-order valence-corrected chi connectivity index (χ4v) is 9.33. The van der Waals surface area contributed by atoms with Crippen LogP contribution in [0.15, 0.2) is 188 Å². The van der Waals surface area contributed by atoms with E-state index in [0.29, 0.717) is 0 Å². The Bertz CT molecular complexity index is 3230. The number of pyridine rings is 3. The number of aromatic nitrogens is 3. The summed E-state index contributed by atoms with van der Waals surface area (Å²) in [6, 6.07) is 64.7. The van der Waals surface area contributed by atoms with E-state index in [1.54, 1.807) is 0 Å². The van der Waals surface area contributed by atoms with Crippen molar-refractivity contribution in [1.29, 1.82) is 0 Å². The van der Waals surface area contributed by atoms with Crippen molar-refractivity contribution in [2.45, 2.75) is 5.41 Å². The SMILES string of the molecule is c1ccc(-c2nc3ccccc3c3c2-c2ccccc2C32c3ccccc3Oc3ccc(-c4ccc(-c5ccc6ccc7cccnc7c6n5)cc4)cc32)cc1. The van der Waals surface area contributed by atoms with Crippen molar-refractivity contribution < 1.29 is 4.74 Å². The summed E-state index contributed by atoms with van der Waals surface area (Å²) in [7, 11) is 0. The zero-order valence-corrected chi connectivity index (χ0v) is 30.1. The maximum Gasteiger partial charge on any atom is 0.132 e. The lowest BCUT2D eigenvalue weighted by molar-refractivity contribution is 0.437. The van der Waals surface area contributed by atoms with Crippen molar-refractivity contribution >= 4 is 32.7 Å². The molecule has 0 fully saturated rings. The monoisotopic (exact) mass is 713 g/mol. The van der Waals surface area contributed by atoms with E-state index < -0.39 is 5.41 Å². The van der Waals surface area contributed by atoms with Crippen LogP contribution in [0, 0.1) is 0 Å². The van der Waals surface area contributed by atoms with Crippen LogP contribution in [0.25, 0.3) is 77.5 Å². The Hall–Kier alpha value is -7.43. The molecule has 0 radical (unpaired) electrons. The highest BCUT2D eigenvalue weighted by Gasteiger charge is 2.53. The van der Waals surface area contributed by atoms with Crippen LogP contribution < -0.4 is 4.74 Å². The van der Waals surface area contributed by atoms with Gasteiger partial charge in [-0.3, -0.25) is 4.98 Å². The molecule has 4 heteroatoms. The highest BCUT2D eigenvalue weighted by Crippen LogP contribution is 2.64. The summed E-state index contributed by atoms with van der Waals surface area (Å²) in [5, 5.41) is 3.31. The third-order valence-corrected chi connectivity index (χ3v) is 11.8. The largest absolute Gasteiger partial charge is 0.457 e. The van der Waals surface area contributed by atoms with Crippen LogP contribution in [-0.4, -0.2) is 15.0 Å². The lowest BCUT2D eigenvalue weighted by Crippen LogP contribution is -2.32. The van der Waals surface area contributed by atoms with Crippen molar-refractivity contribution in [1.82, 2.24) is 15.0 Å². The third kappa shape index (κ3) is 4.32. The summed E-state index contributed by atoms with van der Waals surface area (Å²) in [5.74, 6) is 1.72. The number of para-hydroxylation sites is 2. The molecule has 4 heterocycles. The standard InChI is InChI=1S/C52H31N3O/c1-2-11-34(12-3-1)49-47-38-14-4-6-16-40(38)52(48(47)39-15-5-8-18-44(39)55-49)41-17-7-9-19-45(41)56-46-29-27-37(31-42(46)52)32-20-22-33(23-21-32)43-28-26-36-25-24-35-13-10-30-53-50(35)51(36)54-43/h1-31H. The molecule has 260 valence electrons. The molecule has 1 aliphatic heterocycles. The number of rotatable bonds is 3. The quantitative estimate of drug-likeness (QED) is 0.171. The van der Waals surface area contributed by atoms with Crippen LogP contribution in [-0.2, 0) is 5.41 Å². The first-order valence-electron chi connectivity index (χ1n) is 19.0. The number of benzene rings is 7. The van der Waals surface area contributed by atoms with Crippen molar-refractivity contribution in [3.63, 3.8) is 0 Å². The van der Waals surface area contributed by atoms with Gasteiger partial charge in [0.1, 0.15) is 11.5 Å². The minimum atomic E-state index is -0.663. The predicted octanol–water partition coefficient (Wildman–Crippen LogP) is 12.8. The smallest absolute Gasteiger partial charge is 0.132 e. The Kier molecular flexibility index (Phi) is 6.52. The average molecular weight is 714 g/mol. The fraction of sp³-hybridized carbons (Fsp3) is 0.0192. The molecule has 0 N–H and O–H groups in total. The molecule has 0 bridgehead atoms. The van der Waals surface area contributed by atoms with Crippen LogP contribution in [0.1, 0.15) is 22.3 Å². The second-order valence-electron chi connectivity index (χ2n) is 14.7. The summed E-state index contributed by atoms with van der Waals surface area (Å²) < 4.78 is 6.83. The van der Waals surface area contributed by atoms with Gasteiger partial charge < -0.3 is 4.74 Å². The van der Waals surface area contributed by atoms with Gasteiger partial charge >= 0.3 is 0 Å². The van der Waals surface area contributed by atoms with E-state index in [0.717, 1.165) is 89.0 Å². The van der Waals surface area contributed by atoms with Gasteiger partial charge in [-0.25, -0.2) is 9.97 Å². The first-order valence-corrected chi connectivity index (χ1v) is 19.0. The zero-order chi connectivity index (χ0) is 36.8. The number of hydrogen-bond acceptors (Lipinski definition) is 4. The zero-order valence-electron chi connectivity index (χ0n) is 30.1. The van der Waals surface area contributed by atoms with Gasteiger partial charge in [-0.2, -0.15) is 0 Å². The van der Waals surface area contributed by atoms with Gasteiger partial charge in [0.2, 0.25) is 0 Å². The molecule has 2 aliphatic rings. The molecule has 0 amide bonds. The third-order valence-electron chi connectivity index (χ3n) is 11.8. The minimum absolute atomic E-state index is 0.663. The van der Waals surface area contributed by atoms with E-state index in [9.17, 15) is 0 Å². The second kappa shape index (κ2) is 11.8. The van der Waals surface area contributed by atoms with Gasteiger partial charge in [0.25, 0.3) is 0 Å². The topological polar surface area (TPSA) is 47.9 Å². The normalized spacial score (nSPS) is 15.0. The van der Waals surface area contributed by atoms with Crippen LogP contribution >= 0.6 is 0 Å². The summed E-state index contributed by atoms with van der Waals surface area (Å²) in [5.41, 5.74) is 15.6. The van der Waals surface area contributed by atoms with Crippen LogP contribution in [0.3, 0.4) is 0 Å². The van der Waals surface area contributed by atoms with Gasteiger partial charge in [0.05, 0.1) is 33.4 Å². The van der Waals surface area contributed by atoms with Gasteiger partial charge in [-0.05, 0) is 64.2 Å². The van der Waals surface area contributed by atoms with Gasteiger partial charge in [-0.1, -0.05) is 146 Å². The predicted molar refractivity (Wildman–Crippen MR) is 226 cm³/mol. The first-order chi connectivity index (χ1) is 27.8. The Morgan fingerprint density at radius 3 is 2.04 bits per heavy atom. The molecule has 1 aliphatic carbocycles. The van der Waals surface area contributed by atoms with E-state index in [2.05, 4.69) is 181 Å². The molecule has 0 saturated carbocycles. The molecule has 10 aromatic rings. The fourth-order valence-electron chi connectivity index (χ4n) is 9.33. The molecular weight excluding hydrogens is 683 g/mol. The van der Waals surface area contributed by atoms with Crippen molar-refractivity contribution in [2.75, 3.05) is 0 Å². The molecule has 7 aromatic carbocycles. The summed E-state index contributed by atoms with van der Waals surface area (Å²) >= 11 is 0. The lowest BCUT2D eigenvalue weighted by atomic mass is 9.65. The number of hydrogen-bond donors (Lipinski definition) is 0. The molecule has 0 saturated heterocycles. The van der Waals surface area contributed by atoms with Crippen molar-refractivity contribution in [3.05, 3.63) is 210 Å². The molecule has 56 heavy (non-hydrogen) atoms. The van der Waals surface area contributed by atoms with E-state index in [1.165, 1.54) is 22.3 Å². The average Bonchev–Trinajstić information content (AvgIpc) is 3.58. The molecule has 12 rings (SSSR count). The summed E-state index contributed by atoms with van der Waals surface area (Å²) in [6.45, 7) is 0. The molecule has 3 aromatic heterocycles. The van der Waals surface area contributed by atoms with Gasteiger partial charge in [-0.15, -0.1) is 0 Å². The number of ether oxygens (including phenoxy) is 1. The Morgan fingerprint density at radius 1 is 0.446 bits per heavy atom. The summed E-state index contributed by atoms with van der Waals surface area (Å²) in [6.07, 6.45) is 1.83.